The number of amides is 1. The van der Waals surface area contributed by atoms with Crippen LogP contribution in [0.3, 0.4) is 0 Å². The van der Waals surface area contributed by atoms with Crippen molar-refractivity contribution in [1.29, 1.82) is 0 Å². The van der Waals surface area contributed by atoms with Gasteiger partial charge < -0.3 is 9.47 Å². The minimum Gasteiger partial charge on any atom is -0.466 e. The molecule has 1 aromatic carbocycles. The summed E-state index contributed by atoms with van der Waals surface area (Å²) in [5.74, 6) is -1.94. The van der Waals surface area contributed by atoms with Crippen LogP contribution in [0, 0.1) is 6.92 Å². The van der Waals surface area contributed by atoms with E-state index in [4.69, 9.17) is 14.3 Å². The zero-order valence-corrected chi connectivity index (χ0v) is 16.6. The van der Waals surface area contributed by atoms with Gasteiger partial charge in [0.05, 0.1) is 13.2 Å². The zero-order chi connectivity index (χ0) is 21.2. The number of anilines is 1. The molecule has 1 aromatic heterocycles. The lowest BCUT2D eigenvalue weighted by Gasteiger charge is -2.22. The monoisotopic (exact) mass is 401 g/mol. The second kappa shape index (κ2) is 10.9. The quantitative estimate of drug-likeness (QED) is 0.358. The predicted molar refractivity (Wildman–Crippen MR) is 103 cm³/mol. The van der Waals surface area contributed by atoms with Gasteiger partial charge in [0, 0.05) is 6.20 Å². The molecule has 0 aliphatic rings. The van der Waals surface area contributed by atoms with Crippen LogP contribution in [0.15, 0.2) is 36.5 Å². The number of nitrogens with zero attached hydrogens (tertiary/aromatic N) is 3. The highest BCUT2D eigenvalue weighted by Gasteiger charge is 2.28. The van der Waals surface area contributed by atoms with Crippen molar-refractivity contribution in [2.75, 3.05) is 18.3 Å². The average molecular weight is 401 g/mol. The van der Waals surface area contributed by atoms with Gasteiger partial charge in [0.15, 0.2) is 5.82 Å². The van der Waals surface area contributed by atoms with Crippen LogP contribution in [0.1, 0.15) is 42.0 Å². The molecule has 9 nitrogen and oxygen atoms in total. The fourth-order valence-electron chi connectivity index (χ4n) is 2.34. The van der Waals surface area contributed by atoms with Gasteiger partial charge in [0.25, 0.3) is 5.91 Å². The van der Waals surface area contributed by atoms with Gasteiger partial charge in [-0.25, -0.2) is 14.8 Å². The Morgan fingerprint density at radius 3 is 2.38 bits per heavy atom. The first-order chi connectivity index (χ1) is 14.0. The first-order valence-electron chi connectivity index (χ1n) is 9.12. The number of hydroxylamine groups is 1. The molecule has 0 unspecified atom stereocenters. The van der Waals surface area contributed by atoms with E-state index in [2.05, 4.69) is 9.97 Å². The fourth-order valence-corrected chi connectivity index (χ4v) is 2.34. The molecule has 0 aliphatic carbocycles. The molecule has 29 heavy (non-hydrogen) atoms. The molecular formula is C20H23N3O6. The van der Waals surface area contributed by atoms with Crippen molar-refractivity contribution in [2.45, 2.75) is 33.8 Å². The molecule has 0 spiro atoms. The molecule has 2 aromatic rings. The number of aryl methyl sites for hydroxylation is 1. The first kappa shape index (κ1) is 22.0. The van der Waals surface area contributed by atoms with Crippen molar-refractivity contribution in [3.8, 4) is 0 Å². The van der Waals surface area contributed by atoms with E-state index in [1.165, 1.54) is 6.20 Å². The number of aromatic nitrogens is 2. The number of carbonyl (C=O) groups excluding carboxylic acids is 3. The summed E-state index contributed by atoms with van der Waals surface area (Å²) in [7, 11) is 0. The van der Waals surface area contributed by atoms with E-state index in [1.807, 2.05) is 30.3 Å². The summed E-state index contributed by atoms with van der Waals surface area (Å²) in [5.41, 5.74) is 0.729. The molecule has 1 amide bonds. The lowest BCUT2D eigenvalue weighted by molar-refractivity contribution is -0.147. The molecule has 2 rings (SSSR count). The highest BCUT2D eigenvalue weighted by molar-refractivity contribution is 6.05. The van der Waals surface area contributed by atoms with Gasteiger partial charge in [0.2, 0.25) is 0 Å². The number of hydrogen-bond donors (Lipinski definition) is 0. The summed E-state index contributed by atoms with van der Waals surface area (Å²) in [4.78, 5) is 50.7. The third-order valence-electron chi connectivity index (χ3n) is 3.61. The molecule has 0 saturated carbocycles. The van der Waals surface area contributed by atoms with Gasteiger partial charge in [-0.3, -0.25) is 14.4 Å². The fraction of sp³-hybridized carbons (Fsp3) is 0.350. The van der Waals surface area contributed by atoms with Gasteiger partial charge in [-0.2, -0.15) is 5.06 Å². The molecule has 0 radical (unpaired) electrons. The van der Waals surface area contributed by atoms with Gasteiger partial charge in [-0.15, -0.1) is 0 Å². The van der Waals surface area contributed by atoms with E-state index in [0.29, 0.717) is 5.82 Å². The number of carbonyl (C=O) groups is 3. The molecule has 0 aliphatic heterocycles. The van der Waals surface area contributed by atoms with Crippen LogP contribution in [0.5, 0.6) is 0 Å². The van der Waals surface area contributed by atoms with Crippen molar-refractivity contribution in [1.82, 2.24) is 9.97 Å². The maximum Gasteiger partial charge on any atom is 0.343 e. The highest BCUT2D eigenvalue weighted by atomic mass is 16.7. The van der Waals surface area contributed by atoms with E-state index in [9.17, 15) is 14.4 Å². The maximum atomic E-state index is 12.8. The molecule has 154 valence electrons. The van der Waals surface area contributed by atoms with E-state index in [-0.39, 0.29) is 31.2 Å². The minimum atomic E-state index is -0.733. The van der Waals surface area contributed by atoms with Crippen molar-refractivity contribution in [3.05, 3.63) is 53.5 Å². The predicted octanol–water partition coefficient (Wildman–Crippen LogP) is 2.38. The molecule has 0 N–H and O–H groups in total. The van der Waals surface area contributed by atoms with Crippen LogP contribution < -0.4 is 5.06 Å². The lowest BCUT2D eigenvalue weighted by atomic mass is 10.2. The summed E-state index contributed by atoms with van der Waals surface area (Å²) in [6, 6.07) is 9.11. The normalized spacial score (nSPS) is 10.3. The number of rotatable bonds is 9. The zero-order valence-electron chi connectivity index (χ0n) is 16.6. The standard InChI is InChI=1S/C20H23N3O6/c1-4-27-18(25)11-17(24)23(29-13-15-9-7-6-8-10-15)19-16(20(26)28-5-2)12-21-14(3)22-19/h6-10,12H,4-5,11,13H2,1-3H3. The maximum absolute atomic E-state index is 12.8. The summed E-state index contributed by atoms with van der Waals surface area (Å²) >= 11 is 0. The molecule has 0 bridgehead atoms. The summed E-state index contributed by atoms with van der Waals surface area (Å²) in [6.45, 7) is 5.18. The smallest absolute Gasteiger partial charge is 0.343 e. The Labute approximate surface area is 168 Å². The Hall–Kier alpha value is -3.33. The summed E-state index contributed by atoms with van der Waals surface area (Å²) in [6.07, 6.45) is 0.681. The molecule has 0 atom stereocenters. The number of benzene rings is 1. The van der Waals surface area contributed by atoms with Crippen molar-refractivity contribution in [3.63, 3.8) is 0 Å². The lowest BCUT2D eigenvalue weighted by Crippen LogP contribution is -2.35. The Morgan fingerprint density at radius 2 is 1.72 bits per heavy atom. The summed E-state index contributed by atoms with van der Waals surface area (Å²) < 4.78 is 9.85. The highest BCUT2D eigenvalue weighted by Crippen LogP contribution is 2.21. The van der Waals surface area contributed by atoms with Crippen molar-refractivity contribution < 1.29 is 28.7 Å². The second-order valence-corrected chi connectivity index (χ2v) is 5.80. The molecule has 0 fully saturated rings. The van der Waals surface area contributed by atoms with Crippen molar-refractivity contribution >= 4 is 23.7 Å². The Balaban J connectivity index is 2.37. The van der Waals surface area contributed by atoms with E-state index >= 15 is 0 Å². The molecule has 0 saturated heterocycles. The number of esters is 2. The number of hydrogen-bond acceptors (Lipinski definition) is 8. The van der Waals surface area contributed by atoms with Crippen LogP contribution in [0.4, 0.5) is 5.82 Å². The molecular weight excluding hydrogens is 378 g/mol. The SMILES string of the molecule is CCOC(=O)CC(=O)N(OCc1ccccc1)c1nc(C)ncc1C(=O)OCC. The minimum absolute atomic E-state index is 0.0146. The van der Waals surface area contributed by atoms with E-state index in [1.54, 1.807) is 20.8 Å². The largest absolute Gasteiger partial charge is 0.466 e. The Bertz CT molecular complexity index is 857. The third kappa shape index (κ3) is 6.35. The first-order valence-corrected chi connectivity index (χ1v) is 9.12. The average Bonchev–Trinajstić information content (AvgIpc) is 2.69. The van der Waals surface area contributed by atoms with Gasteiger partial charge in [-0.1, -0.05) is 30.3 Å². The van der Waals surface area contributed by atoms with Crippen LogP contribution in [-0.2, 0) is 30.5 Å². The van der Waals surface area contributed by atoms with Gasteiger partial charge in [-0.05, 0) is 26.3 Å². The van der Waals surface area contributed by atoms with Crippen molar-refractivity contribution in [2.24, 2.45) is 0 Å². The molecule has 9 heteroatoms. The molecule has 1 heterocycles. The third-order valence-corrected chi connectivity index (χ3v) is 3.61. The Morgan fingerprint density at radius 1 is 1.03 bits per heavy atom. The second-order valence-electron chi connectivity index (χ2n) is 5.80. The van der Waals surface area contributed by atoms with Crippen LogP contribution in [0.2, 0.25) is 0 Å². The number of ether oxygens (including phenoxy) is 2. The van der Waals surface area contributed by atoms with Gasteiger partial charge >= 0.3 is 11.9 Å². The Kier molecular flexibility index (Phi) is 8.23. The topological polar surface area (TPSA) is 108 Å². The van der Waals surface area contributed by atoms with E-state index < -0.39 is 24.3 Å². The van der Waals surface area contributed by atoms with Crippen LogP contribution >= 0.6 is 0 Å². The summed E-state index contributed by atoms with van der Waals surface area (Å²) in [5, 5.41) is 0.824. The van der Waals surface area contributed by atoms with Crippen LogP contribution in [0.25, 0.3) is 0 Å². The van der Waals surface area contributed by atoms with E-state index in [0.717, 1.165) is 10.6 Å². The van der Waals surface area contributed by atoms with Gasteiger partial charge in [0.1, 0.15) is 24.4 Å². The van der Waals surface area contributed by atoms with Crippen LogP contribution in [-0.4, -0.2) is 41.0 Å².